The number of hydrogen-bond acceptors (Lipinski definition) is 2. The van der Waals surface area contributed by atoms with Gasteiger partial charge in [0.05, 0.1) is 7.11 Å². The lowest BCUT2D eigenvalue weighted by molar-refractivity contribution is 0.378. The van der Waals surface area contributed by atoms with Crippen LogP contribution in [0.25, 0.3) is 10.9 Å². The van der Waals surface area contributed by atoms with Crippen molar-refractivity contribution >= 4 is 10.9 Å². The highest BCUT2D eigenvalue weighted by Crippen LogP contribution is 2.45. The molecule has 2 aromatic rings. The van der Waals surface area contributed by atoms with Crippen LogP contribution in [-0.2, 0) is 5.41 Å². The van der Waals surface area contributed by atoms with Crippen molar-refractivity contribution < 1.29 is 4.74 Å². The molecule has 0 atom stereocenters. The second kappa shape index (κ2) is 4.57. The maximum Gasteiger partial charge on any atom is 0.123 e. The molecule has 102 valence electrons. The van der Waals surface area contributed by atoms with Crippen LogP contribution >= 0.6 is 0 Å². The lowest BCUT2D eigenvalue weighted by atomic mass is 9.78. The van der Waals surface area contributed by atoms with Gasteiger partial charge in [0.2, 0.25) is 0 Å². The molecule has 1 aromatic carbocycles. The maximum absolute atomic E-state index is 6.11. The highest BCUT2D eigenvalue weighted by Gasteiger charge is 2.36. The number of aryl methyl sites for hydroxylation is 1. The topological polar surface area (TPSA) is 51.0 Å². The fourth-order valence-corrected chi connectivity index (χ4v) is 3.52. The molecule has 1 saturated carbocycles. The van der Waals surface area contributed by atoms with Crippen LogP contribution in [0.1, 0.15) is 36.9 Å². The molecule has 0 amide bonds. The Balaban J connectivity index is 2.20. The van der Waals surface area contributed by atoms with E-state index in [1.54, 1.807) is 7.11 Å². The molecule has 3 rings (SSSR count). The first-order chi connectivity index (χ1) is 9.18. The number of methoxy groups -OCH3 is 1. The van der Waals surface area contributed by atoms with Crippen LogP contribution in [0.15, 0.2) is 18.2 Å². The van der Waals surface area contributed by atoms with E-state index in [2.05, 4.69) is 30.1 Å². The van der Waals surface area contributed by atoms with Gasteiger partial charge in [0.25, 0.3) is 0 Å². The molecule has 3 nitrogen and oxygen atoms in total. The first-order valence-corrected chi connectivity index (χ1v) is 7.06. The minimum absolute atomic E-state index is 0.110. The van der Waals surface area contributed by atoms with Crippen LogP contribution in [0.5, 0.6) is 5.75 Å². The standard InChI is InChI=1S/C16H22N2O/c1-11-7-12-8-15(19-2)13(9-14(12)18-11)16(10-17)5-3-4-6-16/h7-9,18H,3-6,10,17H2,1-2H3. The fourth-order valence-electron chi connectivity index (χ4n) is 3.52. The van der Waals surface area contributed by atoms with E-state index in [4.69, 9.17) is 10.5 Å². The Bertz CT molecular complexity index is 594. The van der Waals surface area contributed by atoms with Gasteiger partial charge in [0.15, 0.2) is 0 Å². The van der Waals surface area contributed by atoms with Crippen LogP contribution in [0.2, 0.25) is 0 Å². The second-order valence-corrected chi connectivity index (χ2v) is 5.78. The first-order valence-electron chi connectivity index (χ1n) is 7.06. The zero-order chi connectivity index (χ0) is 13.5. The Morgan fingerprint density at radius 3 is 2.63 bits per heavy atom. The van der Waals surface area contributed by atoms with E-state index in [-0.39, 0.29) is 5.41 Å². The van der Waals surface area contributed by atoms with Crippen molar-refractivity contribution in [3.8, 4) is 5.75 Å². The van der Waals surface area contributed by atoms with Crippen LogP contribution < -0.4 is 10.5 Å². The summed E-state index contributed by atoms with van der Waals surface area (Å²) in [7, 11) is 1.75. The van der Waals surface area contributed by atoms with Crippen molar-refractivity contribution in [2.75, 3.05) is 13.7 Å². The Hall–Kier alpha value is -1.48. The van der Waals surface area contributed by atoms with Crippen LogP contribution in [0, 0.1) is 6.92 Å². The molecule has 0 aliphatic heterocycles. The van der Waals surface area contributed by atoms with Crippen molar-refractivity contribution in [3.05, 3.63) is 29.5 Å². The number of aromatic nitrogens is 1. The number of H-pyrrole nitrogens is 1. The van der Waals surface area contributed by atoms with Gasteiger partial charge in [0.1, 0.15) is 5.75 Å². The van der Waals surface area contributed by atoms with Crippen LogP contribution in [-0.4, -0.2) is 18.6 Å². The van der Waals surface area contributed by atoms with E-state index in [0.717, 1.165) is 5.75 Å². The average Bonchev–Trinajstić information content (AvgIpc) is 3.02. The monoisotopic (exact) mass is 258 g/mol. The summed E-state index contributed by atoms with van der Waals surface area (Å²) in [6.07, 6.45) is 4.88. The van der Waals surface area contributed by atoms with Gasteiger partial charge in [-0.25, -0.2) is 0 Å². The number of hydrogen-bond donors (Lipinski definition) is 2. The molecule has 0 radical (unpaired) electrons. The molecule has 19 heavy (non-hydrogen) atoms. The van der Waals surface area contributed by atoms with Crippen molar-refractivity contribution in [2.45, 2.75) is 38.0 Å². The Morgan fingerprint density at radius 2 is 2.00 bits per heavy atom. The fraction of sp³-hybridized carbons (Fsp3) is 0.500. The molecule has 0 spiro atoms. The molecule has 1 heterocycles. The first kappa shape index (κ1) is 12.5. The summed E-state index contributed by atoms with van der Waals surface area (Å²) < 4.78 is 5.63. The third kappa shape index (κ3) is 1.93. The van der Waals surface area contributed by atoms with Gasteiger partial charge < -0.3 is 15.5 Å². The second-order valence-electron chi connectivity index (χ2n) is 5.78. The number of fused-ring (bicyclic) bond motifs is 1. The molecule has 0 unspecified atom stereocenters. The number of aromatic amines is 1. The highest BCUT2D eigenvalue weighted by molar-refractivity contribution is 5.83. The molecule has 1 aliphatic rings. The van der Waals surface area contributed by atoms with Crippen molar-refractivity contribution in [3.63, 3.8) is 0 Å². The van der Waals surface area contributed by atoms with Crippen molar-refractivity contribution in [1.29, 1.82) is 0 Å². The number of benzene rings is 1. The normalized spacial score (nSPS) is 18.1. The molecule has 0 bridgehead atoms. The van der Waals surface area contributed by atoms with E-state index in [1.165, 1.54) is 47.8 Å². The van der Waals surface area contributed by atoms with Crippen molar-refractivity contribution in [1.82, 2.24) is 4.98 Å². The quantitative estimate of drug-likeness (QED) is 0.888. The average molecular weight is 258 g/mol. The smallest absolute Gasteiger partial charge is 0.123 e. The summed E-state index contributed by atoms with van der Waals surface area (Å²) in [6.45, 7) is 2.79. The highest BCUT2D eigenvalue weighted by atomic mass is 16.5. The zero-order valence-corrected chi connectivity index (χ0v) is 11.8. The summed E-state index contributed by atoms with van der Waals surface area (Å²) in [6, 6.07) is 6.55. The van der Waals surface area contributed by atoms with Gasteiger partial charge >= 0.3 is 0 Å². The van der Waals surface area contributed by atoms with Gasteiger partial charge in [0, 0.05) is 34.1 Å². The molecule has 3 N–H and O–H groups in total. The summed E-state index contributed by atoms with van der Waals surface area (Å²) in [5.74, 6) is 0.985. The largest absolute Gasteiger partial charge is 0.496 e. The van der Waals surface area contributed by atoms with Gasteiger partial charge in [-0.05, 0) is 38.0 Å². The molecular formula is C16H22N2O. The van der Waals surface area contributed by atoms with Gasteiger partial charge in [-0.2, -0.15) is 0 Å². The molecule has 0 saturated heterocycles. The zero-order valence-electron chi connectivity index (χ0n) is 11.8. The van der Waals surface area contributed by atoms with Crippen molar-refractivity contribution in [2.24, 2.45) is 5.73 Å². The summed E-state index contributed by atoms with van der Waals surface area (Å²) in [5, 5.41) is 1.21. The van der Waals surface area contributed by atoms with Crippen LogP contribution in [0.3, 0.4) is 0 Å². The number of rotatable bonds is 3. The van der Waals surface area contributed by atoms with Gasteiger partial charge in [-0.15, -0.1) is 0 Å². The molecule has 1 aliphatic carbocycles. The van der Waals surface area contributed by atoms with Crippen LogP contribution in [0.4, 0.5) is 0 Å². The number of nitrogens with one attached hydrogen (secondary N) is 1. The lowest BCUT2D eigenvalue weighted by Crippen LogP contribution is -2.32. The minimum Gasteiger partial charge on any atom is -0.496 e. The molecule has 1 aromatic heterocycles. The maximum atomic E-state index is 6.11. The summed E-state index contributed by atoms with van der Waals surface area (Å²) >= 11 is 0. The minimum atomic E-state index is 0.110. The molecule has 1 fully saturated rings. The third-order valence-corrected chi connectivity index (χ3v) is 4.60. The number of ether oxygens (including phenoxy) is 1. The van der Waals surface area contributed by atoms with E-state index >= 15 is 0 Å². The Morgan fingerprint density at radius 1 is 1.26 bits per heavy atom. The SMILES string of the molecule is COc1cc2cc(C)[nH]c2cc1C1(CN)CCCC1. The Labute approximate surface area is 114 Å². The summed E-state index contributed by atoms with van der Waals surface area (Å²) in [4.78, 5) is 3.42. The van der Waals surface area contributed by atoms with Gasteiger partial charge in [-0.1, -0.05) is 12.8 Å². The molecule has 3 heteroatoms. The third-order valence-electron chi connectivity index (χ3n) is 4.60. The Kier molecular flexibility index (Phi) is 3.02. The van der Waals surface area contributed by atoms with E-state index in [0.29, 0.717) is 6.54 Å². The van der Waals surface area contributed by atoms with E-state index in [1.807, 2.05) is 0 Å². The van der Waals surface area contributed by atoms with E-state index in [9.17, 15) is 0 Å². The predicted octanol–water partition coefficient (Wildman–Crippen LogP) is 3.26. The van der Waals surface area contributed by atoms with Gasteiger partial charge in [-0.3, -0.25) is 0 Å². The molecular weight excluding hydrogens is 236 g/mol. The van der Waals surface area contributed by atoms with E-state index < -0.39 is 0 Å². The lowest BCUT2D eigenvalue weighted by Gasteiger charge is -2.29. The predicted molar refractivity (Wildman–Crippen MR) is 78.8 cm³/mol. The number of nitrogens with two attached hydrogens (primary N) is 1. The summed E-state index contributed by atoms with van der Waals surface area (Å²) in [5.41, 5.74) is 9.87.